The number of pyridine rings is 1. The Morgan fingerprint density at radius 2 is 1.56 bits per heavy atom. The second kappa shape index (κ2) is 14.3. The standard InChI is InChI=1S/C24H33N3O.2CH2O2/c1-26(2)22-12-19-14-23(15-20(19)13-22)27(3)16-18-7-6-9-24(11-18)28-17-21-8-4-5-10-25-21;2*2-1-3/h4-11,19-20,22-23H,12-17H2,1-3H3;2*1H,(H,2,3)/t19-,20+,22?,23?;;. The minimum atomic E-state index is -0.250. The Morgan fingerprint density at radius 1 is 0.941 bits per heavy atom. The summed E-state index contributed by atoms with van der Waals surface area (Å²) >= 11 is 0. The average molecular weight is 472 g/mol. The molecule has 4 atom stereocenters. The van der Waals surface area contributed by atoms with E-state index in [4.69, 9.17) is 24.5 Å². The molecule has 0 saturated heterocycles. The summed E-state index contributed by atoms with van der Waals surface area (Å²) in [5.41, 5.74) is 2.28. The molecule has 1 aromatic heterocycles. The Labute approximate surface area is 202 Å². The number of hydrogen-bond acceptors (Lipinski definition) is 6. The van der Waals surface area contributed by atoms with Gasteiger partial charge >= 0.3 is 0 Å². The van der Waals surface area contributed by atoms with Crippen LogP contribution < -0.4 is 4.74 Å². The molecule has 0 radical (unpaired) electrons. The molecule has 2 aromatic rings. The normalized spacial score (nSPS) is 22.7. The highest BCUT2D eigenvalue weighted by atomic mass is 16.5. The summed E-state index contributed by atoms with van der Waals surface area (Å²) in [4.78, 5) is 26.0. The summed E-state index contributed by atoms with van der Waals surface area (Å²) in [5.74, 6) is 2.77. The molecule has 2 aliphatic rings. The summed E-state index contributed by atoms with van der Waals surface area (Å²) < 4.78 is 5.95. The molecule has 34 heavy (non-hydrogen) atoms. The number of carbonyl (C=O) groups is 2. The molecule has 8 heteroatoms. The van der Waals surface area contributed by atoms with Crippen LogP contribution in [0.2, 0.25) is 0 Å². The molecule has 2 unspecified atom stereocenters. The average Bonchev–Trinajstić information content (AvgIpc) is 3.40. The third-order valence-electron chi connectivity index (χ3n) is 6.76. The van der Waals surface area contributed by atoms with Gasteiger partial charge in [0.25, 0.3) is 12.9 Å². The first kappa shape index (κ1) is 27.3. The van der Waals surface area contributed by atoms with Crippen molar-refractivity contribution in [1.82, 2.24) is 14.8 Å². The molecule has 2 saturated carbocycles. The van der Waals surface area contributed by atoms with E-state index in [9.17, 15) is 0 Å². The van der Waals surface area contributed by atoms with Gasteiger partial charge in [0.15, 0.2) is 0 Å². The van der Waals surface area contributed by atoms with Crippen molar-refractivity contribution >= 4 is 12.9 Å². The van der Waals surface area contributed by atoms with Crippen LogP contribution in [0.3, 0.4) is 0 Å². The molecule has 186 valence electrons. The lowest BCUT2D eigenvalue weighted by molar-refractivity contribution is -0.123. The Bertz CT molecular complexity index is 845. The van der Waals surface area contributed by atoms with Crippen molar-refractivity contribution in [1.29, 1.82) is 0 Å². The van der Waals surface area contributed by atoms with Gasteiger partial charge in [-0.1, -0.05) is 18.2 Å². The van der Waals surface area contributed by atoms with Crippen LogP contribution in [0.1, 0.15) is 36.9 Å². The maximum absolute atomic E-state index is 8.36. The summed E-state index contributed by atoms with van der Waals surface area (Å²) in [7, 11) is 6.76. The SMILES string of the molecule is CN(C)C1C[C@@H]2CC(N(C)Cc3cccc(OCc4ccccn4)c3)C[C@@H]2C1.O=CO.O=CO. The topological polar surface area (TPSA) is 103 Å². The second-order valence-corrected chi connectivity index (χ2v) is 9.12. The van der Waals surface area contributed by atoms with Crippen molar-refractivity contribution in [3.05, 3.63) is 59.9 Å². The van der Waals surface area contributed by atoms with Crippen molar-refractivity contribution in [3.63, 3.8) is 0 Å². The maximum Gasteiger partial charge on any atom is 0.290 e. The van der Waals surface area contributed by atoms with E-state index in [1.807, 2.05) is 30.5 Å². The van der Waals surface area contributed by atoms with Gasteiger partial charge in [0.1, 0.15) is 12.4 Å². The van der Waals surface area contributed by atoms with Crippen molar-refractivity contribution < 1.29 is 24.5 Å². The number of ether oxygens (including phenoxy) is 1. The van der Waals surface area contributed by atoms with Crippen molar-refractivity contribution in [2.45, 2.75) is 50.9 Å². The van der Waals surface area contributed by atoms with Gasteiger partial charge in [-0.05, 0) is 88.5 Å². The Morgan fingerprint density at radius 3 is 2.12 bits per heavy atom. The van der Waals surface area contributed by atoms with E-state index in [-0.39, 0.29) is 12.9 Å². The number of carboxylic acid groups (broad SMARTS) is 2. The number of fused-ring (bicyclic) bond motifs is 1. The molecular weight excluding hydrogens is 434 g/mol. The smallest absolute Gasteiger partial charge is 0.290 e. The maximum atomic E-state index is 8.36. The zero-order valence-electron chi connectivity index (χ0n) is 20.3. The quantitative estimate of drug-likeness (QED) is 0.591. The molecule has 0 bridgehead atoms. The lowest BCUT2D eigenvalue weighted by atomic mass is 10.0. The molecule has 1 aromatic carbocycles. The van der Waals surface area contributed by atoms with E-state index in [0.29, 0.717) is 6.61 Å². The van der Waals surface area contributed by atoms with Crippen LogP contribution in [0.25, 0.3) is 0 Å². The molecule has 4 rings (SSSR count). The number of rotatable bonds is 7. The molecule has 2 N–H and O–H groups in total. The molecule has 2 fully saturated rings. The zero-order valence-corrected chi connectivity index (χ0v) is 20.3. The highest BCUT2D eigenvalue weighted by molar-refractivity contribution is 5.33. The molecule has 0 aliphatic heterocycles. The van der Waals surface area contributed by atoms with E-state index in [0.717, 1.165) is 41.9 Å². The van der Waals surface area contributed by atoms with Gasteiger partial charge in [-0.25, -0.2) is 0 Å². The molecule has 2 aliphatic carbocycles. The van der Waals surface area contributed by atoms with E-state index in [2.05, 4.69) is 54.1 Å². The van der Waals surface area contributed by atoms with Gasteiger partial charge in [-0.2, -0.15) is 0 Å². The summed E-state index contributed by atoms with van der Waals surface area (Å²) in [6.07, 6.45) is 7.31. The fraction of sp³-hybridized carbons (Fsp3) is 0.500. The van der Waals surface area contributed by atoms with Crippen LogP contribution in [-0.4, -0.2) is 71.2 Å². The Hall–Kier alpha value is -2.97. The second-order valence-electron chi connectivity index (χ2n) is 9.12. The monoisotopic (exact) mass is 471 g/mol. The number of hydrogen-bond donors (Lipinski definition) is 2. The largest absolute Gasteiger partial charge is 0.487 e. The Balaban J connectivity index is 0.000000618. The predicted molar refractivity (Wildman–Crippen MR) is 131 cm³/mol. The summed E-state index contributed by atoms with van der Waals surface area (Å²) in [6, 6.07) is 16.0. The van der Waals surface area contributed by atoms with Crippen LogP contribution >= 0.6 is 0 Å². The third kappa shape index (κ3) is 8.43. The predicted octanol–water partition coefficient (Wildman–Crippen LogP) is 3.61. The van der Waals surface area contributed by atoms with Crippen molar-refractivity contribution in [3.8, 4) is 5.75 Å². The van der Waals surface area contributed by atoms with Gasteiger partial charge < -0.3 is 19.8 Å². The highest BCUT2D eigenvalue weighted by Crippen LogP contribution is 2.46. The van der Waals surface area contributed by atoms with Crippen LogP contribution in [0.5, 0.6) is 5.75 Å². The summed E-state index contributed by atoms with van der Waals surface area (Å²) in [6.45, 7) is 1.00. The number of nitrogens with zero attached hydrogens (tertiary/aromatic N) is 3. The van der Waals surface area contributed by atoms with Gasteiger partial charge in [0.05, 0.1) is 5.69 Å². The molecule has 0 amide bonds. The molecular formula is C26H37N3O5. The van der Waals surface area contributed by atoms with Crippen molar-refractivity contribution in [2.24, 2.45) is 11.8 Å². The fourth-order valence-corrected chi connectivity index (χ4v) is 5.13. The zero-order chi connectivity index (χ0) is 24.9. The fourth-order valence-electron chi connectivity index (χ4n) is 5.13. The first-order valence-corrected chi connectivity index (χ1v) is 11.6. The van der Waals surface area contributed by atoms with Crippen LogP contribution in [0.4, 0.5) is 0 Å². The first-order chi connectivity index (χ1) is 16.4. The Kier molecular flexibility index (Phi) is 11.5. The molecule has 0 spiro atoms. The molecule has 1 heterocycles. The van der Waals surface area contributed by atoms with Crippen LogP contribution in [0.15, 0.2) is 48.7 Å². The lowest BCUT2D eigenvalue weighted by Gasteiger charge is -2.27. The van der Waals surface area contributed by atoms with E-state index >= 15 is 0 Å². The lowest BCUT2D eigenvalue weighted by Crippen LogP contribution is -2.31. The minimum Gasteiger partial charge on any atom is -0.487 e. The van der Waals surface area contributed by atoms with E-state index in [1.54, 1.807) is 0 Å². The molecule has 8 nitrogen and oxygen atoms in total. The third-order valence-corrected chi connectivity index (χ3v) is 6.76. The van der Waals surface area contributed by atoms with E-state index < -0.39 is 0 Å². The van der Waals surface area contributed by atoms with Gasteiger partial charge in [-0.3, -0.25) is 19.5 Å². The van der Waals surface area contributed by atoms with E-state index in [1.165, 1.54) is 31.2 Å². The van der Waals surface area contributed by atoms with Crippen LogP contribution in [-0.2, 0) is 22.7 Å². The number of aromatic nitrogens is 1. The van der Waals surface area contributed by atoms with Gasteiger partial charge in [0, 0.05) is 24.8 Å². The minimum absolute atomic E-state index is 0.250. The number of benzene rings is 1. The first-order valence-electron chi connectivity index (χ1n) is 11.6. The van der Waals surface area contributed by atoms with Crippen LogP contribution in [0, 0.1) is 11.8 Å². The highest BCUT2D eigenvalue weighted by Gasteiger charge is 2.43. The van der Waals surface area contributed by atoms with Crippen molar-refractivity contribution in [2.75, 3.05) is 21.1 Å². The summed E-state index contributed by atoms with van der Waals surface area (Å²) in [5, 5.41) is 13.8. The van der Waals surface area contributed by atoms with Gasteiger partial charge in [0.2, 0.25) is 0 Å². The van der Waals surface area contributed by atoms with Gasteiger partial charge in [-0.15, -0.1) is 0 Å².